The van der Waals surface area contributed by atoms with Crippen molar-refractivity contribution < 1.29 is 72.2 Å². The largest absolute Gasteiger partial charge is 0.481 e. The van der Waals surface area contributed by atoms with Gasteiger partial charge in [-0.1, -0.05) is 125 Å². The smallest absolute Gasteiger partial charge is 0.305 e. The first-order valence-corrected chi connectivity index (χ1v) is 39.4. The van der Waals surface area contributed by atoms with E-state index in [2.05, 4.69) is 83.8 Å². The van der Waals surface area contributed by atoms with E-state index in [0.29, 0.717) is 18.4 Å². The second-order valence-corrected chi connectivity index (χ2v) is 29.7. The molecule has 0 aromatic heterocycles. The van der Waals surface area contributed by atoms with Gasteiger partial charge >= 0.3 is 5.97 Å². The number of benzene rings is 1. The van der Waals surface area contributed by atoms with Crippen LogP contribution in [0.5, 0.6) is 0 Å². The van der Waals surface area contributed by atoms with E-state index in [0.717, 1.165) is 40.9 Å². The molecule has 0 unspecified atom stereocenters. The first-order valence-electron chi connectivity index (χ1n) is 37.0. The van der Waals surface area contributed by atoms with E-state index in [9.17, 15) is 72.2 Å². The number of nitrogens with one attached hydrogen (secondary N) is 12. The molecule has 1 saturated heterocycles. The lowest BCUT2D eigenvalue weighted by Gasteiger charge is -2.30. The summed E-state index contributed by atoms with van der Waals surface area (Å²) in [5.41, 5.74) is 57.2. The second-order valence-electron chi connectivity index (χ2n) is 27.2. The zero-order valence-electron chi connectivity index (χ0n) is 63.4. The molecule has 0 bridgehead atoms. The number of carbonyl (C=O) groups is 14. The number of carboxylic acids is 1. The number of carboxylic acid groups (broad SMARTS) is 1. The Morgan fingerprint density at radius 3 is 1.41 bits per heavy atom. The first kappa shape index (κ1) is 94.7. The molecule has 111 heavy (non-hydrogen) atoms. The molecule has 1 heterocycles. The van der Waals surface area contributed by atoms with Crippen molar-refractivity contribution in [1.29, 1.82) is 0 Å². The number of nitrogens with zero attached hydrogens (tertiary/aromatic N) is 4. The number of rotatable bonds is 29. The van der Waals surface area contributed by atoms with Gasteiger partial charge in [-0.25, -0.2) is 0 Å². The van der Waals surface area contributed by atoms with Gasteiger partial charge < -0.3 is 126 Å². The van der Waals surface area contributed by atoms with Crippen molar-refractivity contribution in [2.24, 2.45) is 95.1 Å². The Bertz CT molecular complexity index is 3390. The third kappa shape index (κ3) is 37.7. The Morgan fingerprint density at radius 2 is 0.928 bits per heavy atom. The van der Waals surface area contributed by atoms with Crippen LogP contribution in [-0.2, 0) is 73.5 Å². The minimum absolute atomic E-state index is 0.00938. The van der Waals surface area contributed by atoms with Gasteiger partial charge in [0.05, 0.1) is 25.6 Å². The van der Waals surface area contributed by atoms with Crippen LogP contribution < -0.4 is 121 Å². The summed E-state index contributed by atoms with van der Waals surface area (Å²) in [6, 6.07) is -8.16. The molecule has 0 spiro atoms. The van der Waals surface area contributed by atoms with Crippen LogP contribution in [0.15, 0.2) is 50.3 Å². The second kappa shape index (κ2) is 51.1. The van der Waals surface area contributed by atoms with Gasteiger partial charge in [-0.05, 0) is 81.1 Å². The molecule has 2 fully saturated rings. The molecular formula is C68H116N26O15S2. The van der Waals surface area contributed by atoms with E-state index in [1.165, 1.54) is 0 Å². The van der Waals surface area contributed by atoms with E-state index in [-0.39, 0.29) is 144 Å². The number of hydrogen-bond donors (Lipinski definition) is 23. The van der Waals surface area contributed by atoms with Crippen molar-refractivity contribution in [3.05, 3.63) is 35.9 Å². The highest BCUT2D eigenvalue weighted by Crippen LogP contribution is 2.28. The minimum Gasteiger partial charge on any atom is -0.481 e. The number of aliphatic carboxylic acids is 1. The fourth-order valence-electron chi connectivity index (χ4n) is 11.6. The third-order valence-corrected chi connectivity index (χ3v) is 20.6. The van der Waals surface area contributed by atoms with Crippen LogP contribution in [0.1, 0.15) is 142 Å². The first-order chi connectivity index (χ1) is 52.6. The Balaban J connectivity index is 2.28. The van der Waals surface area contributed by atoms with Crippen LogP contribution in [0.3, 0.4) is 0 Å². The highest BCUT2D eigenvalue weighted by molar-refractivity contribution is 8.76. The summed E-state index contributed by atoms with van der Waals surface area (Å²) >= 11 is 0. The molecule has 43 heteroatoms. The van der Waals surface area contributed by atoms with Gasteiger partial charge in [0.15, 0.2) is 23.8 Å². The third-order valence-electron chi connectivity index (χ3n) is 18.2. The molecule has 1 aromatic carbocycles. The number of guanidine groups is 4. The van der Waals surface area contributed by atoms with Gasteiger partial charge in [0.2, 0.25) is 76.8 Å². The summed E-state index contributed by atoms with van der Waals surface area (Å²) in [6.45, 7) is 4.99. The fraction of sp³-hybridized carbons (Fsp3) is 0.647. The lowest BCUT2D eigenvalue weighted by Crippen LogP contribution is -2.62. The van der Waals surface area contributed by atoms with Crippen LogP contribution in [0.25, 0.3) is 0 Å². The molecule has 2 aliphatic rings. The van der Waals surface area contributed by atoms with Gasteiger partial charge in [0, 0.05) is 44.1 Å². The summed E-state index contributed by atoms with van der Waals surface area (Å²) in [5, 5.41) is 41.1. The van der Waals surface area contributed by atoms with Crippen molar-refractivity contribution in [2.75, 3.05) is 50.8 Å². The molecule has 1 aliphatic carbocycles. The predicted molar refractivity (Wildman–Crippen MR) is 420 cm³/mol. The average Bonchev–Trinajstić information content (AvgIpc) is 0.851. The summed E-state index contributed by atoms with van der Waals surface area (Å²) < 4.78 is 0. The maximum atomic E-state index is 14.9. The van der Waals surface area contributed by atoms with Crippen molar-refractivity contribution in [1.82, 2.24) is 63.8 Å². The zero-order valence-corrected chi connectivity index (χ0v) is 65.0. The van der Waals surface area contributed by atoms with E-state index in [1.807, 2.05) is 0 Å². The average molecular weight is 1600 g/mol. The van der Waals surface area contributed by atoms with Crippen LogP contribution in [-0.4, -0.2) is 229 Å². The summed E-state index contributed by atoms with van der Waals surface area (Å²) in [4.78, 5) is 214. The fourth-order valence-corrected chi connectivity index (χ4v) is 13.9. The standard InChI is InChI=1S/C68H116N26O15S2/c1-5-36(3)52-63(108)89-45(30-39-19-11-8-12-20-39)60(105)86-42(23-15-27-81-67(75)76)57(102)91-47(54(70)99)34-110-111-35-48(92-55(100)40(69)21-13-25-79-65(71)72)62(107)88-44(29-38-17-9-7-10-18-38)56(101)84-32-49(95)83-33-50(96)85-41(22-14-26-80-66(73)74)58(103)93-53(37(4)6-2)64(109)90-46(31-51(97)98)61(106)87-43(59(104)94-52)24-16-28-82-68(77)78/h8,11-12,19-20,36-38,40-48,52-53H,5-7,9-10,13-18,21-35,69H2,1-4H3,(H2,70,99)(H,83,95)(H,84,101)(H,85,96)(H,86,105)(H,87,106)(H,88,107)(H,89,108)(H,90,109)(H,91,102)(H,92,100)(H,93,103)(H,94,104)(H,97,98)(H4,71,72,79)(H4,73,74,80)(H4,75,76,81)(H4,77,78,82)/t36-,37-,40-,41-,42-,43-,44-,45-,46-,47-,48-,52-,53-/m0/s1. The Kier molecular flexibility index (Phi) is 43.6. The maximum absolute atomic E-state index is 14.9. The molecule has 41 nitrogen and oxygen atoms in total. The molecule has 33 N–H and O–H groups in total. The van der Waals surface area contributed by atoms with Crippen molar-refractivity contribution >= 4 is 128 Å². The maximum Gasteiger partial charge on any atom is 0.305 e. The van der Waals surface area contributed by atoms with Crippen LogP contribution >= 0.6 is 21.6 Å². The molecule has 1 aliphatic heterocycles. The number of aliphatic imine (C=N–C) groups is 4. The number of primary amides is 1. The topological polar surface area (TPSA) is 713 Å². The predicted octanol–water partition coefficient (Wildman–Crippen LogP) is -6.73. The number of carbonyl (C=O) groups excluding carboxylic acids is 13. The van der Waals surface area contributed by atoms with Crippen molar-refractivity contribution in [2.45, 2.75) is 210 Å². The zero-order chi connectivity index (χ0) is 82.7. The van der Waals surface area contributed by atoms with Gasteiger partial charge in [0.25, 0.3) is 0 Å². The molecule has 0 radical (unpaired) electrons. The van der Waals surface area contributed by atoms with E-state index >= 15 is 0 Å². The van der Waals surface area contributed by atoms with Crippen LogP contribution in [0, 0.1) is 17.8 Å². The SMILES string of the molecule is CC[C@H](C)[C@@H]1NC(=O)[C@H](CCCN=C(N)N)NC(=O)CNC(=O)CNC(=O)[C@H](CC2CCCCC2)NC(=O)[C@@H](NC(=O)[C@@H](N)CCCN=C(N)N)CSSC[C@@H](C(N)=O)NC(=O)[C@H](CCCN=C(N)N)NC(=O)[C@H](Cc2ccccc2)NC(=O)[C@H]([C@@H](C)CC)NC(=O)[C@H](CCCN=C(N)N)NC(=O)[C@H](CC(=O)O)NC1=O. The summed E-state index contributed by atoms with van der Waals surface area (Å²) in [7, 11) is 1.89. The lowest BCUT2D eigenvalue weighted by atomic mass is 9.84. The minimum atomic E-state index is -1.96. The van der Waals surface area contributed by atoms with E-state index in [4.69, 9.17) is 57.3 Å². The number of nitrogens with two attached hydrogens (primary N) is 10. The van der Waals surface area contributed by atoms with Crippen molar-refractivity contribution in [3.63, 3.8) is 0 Å². The Morgan fingerprint density at radius 1 is 0.495 bits per heavy atom. The van der Waals surface area contributed by atoms with Crippen LogP contribution in [0.2, 0.25) is 0 Å². The highest BCUT2D eigenvalue weighted by Gasteiger charge is 2.39. The Labute approximate surface area is 652 Å². The number of hydrogen-bond acceptors (Lipinski definition) is 21. The van der Waals surface area contributed by atoms with Crippen molar-refractivity contribution in [3.8, 4) is 0 Å². The molecule has 1 saturated carbocycles. The normalized spacial score (nSPS) is 23.6. The molecule has 3 rings (SSSR count). The summed E-state index contributed by atoms with van der Waals surface area (Å²) in [5.74, 6) is -17.1. The molecule has 620 valence electrons. The quantitative estimate of drug-likeness (QED) is 0.0153. The molecular weight excluding hydrogens is 1490 g/mol. The lowest BCUT2D eigenvalue weighted by molar-refractivity contribution is -0.142. The monoisotopic (exact) mass is 1600 g/mol. The highest BCUT2D eigenvalue weighted by atomic mass is 33.1. The number of amides is 13. The summed E-state index contributed by atoms with van der Waals surface area (Å²) in [6.07, 6.45) is 3.04. The van der Waals surface area contributed by atoms with Gasteiger partial charge in [0.1, 0.15) is 60.4 Å². The van der Waals surface area contributed by atoms with Gasteiger partial charge in [-0.2, -0.15) is 0 Å². The molecule has 13 amide bonds. The van der Waals surface area contributed by atoms with Gasteiger partial charge in [-0.15, -0.1) is 0 Å². The van der Waals surface area contributed by atoms with E-state index in [1.54, 1.807) is 58.0 Å². The van der Waals surface area contributed by atoms with Crippen LogP contribution in [0.4, 0.5) is 0 Å². The Hall–Kier alpha value is -10.5. The van der Waals surface area contributed by atoms with Gasteiger partial charge in [-0.3, -0.25) is 87.1 Å². The van der Waals surface area contributed by atoms with E-state index < -0.39 is 181 Å². The molecule has 1 aromatic rings. The molecule has 13 atom stereocenters.